The van der Waals surface area contributed by atoms with Crippen molar-refractivity contribution in [1.29, 1.82) is 0 Å². The van der Waals surface area contributed by atoms with Crippen molar-refractivity contribution in [3.63, 3.8) is 0 Å². The van der Waals surface area contributed by atoms with E-state index in [0.29, 0.717) is 12.0 Å². The van der Waals surface area contributed by atoms with Gasteiger partial charge in [0.05, 0.1) is 0 Å². The first-order valence-electron chi connectivity index (χ1n) is 7.25. The summed E-state index contributed by atoms with van der Waals surface area (Å²) < 4.78 is 0. The van der Waals surface area contributed by atoms with Crippen LogP contribution in [0.1, 0.15) is 37.6 Å². The van der Waals surface area contributed by atoms with Crippen LogP contribution in [0.5, 0.6) is 0 Å². The highest BCUT2D eigenvalue weighted by Crippen LogP contribution is 2.10. The molecule has 0 saturated heterocycles. The van der Waals surface area contributed by atoms with Crippen LogP contribution in [0.15, 0.2) is 30.3 Å². The molecule has 3 N–H and O–H groups in total. The Bertz CT molecular complexity index is 530. The van der Waals surface area contributed by atoms with E-state index in [0.717, 1.165) is 0 Å². The highest BCUT2D eigenvalue weighted by atomic mass is 16.4. The summed E-state index contributed by atoms with van der Waals surface area (Å²) in [4.78, 5) is 35.3. The van der Waals surface area contributed by atoms with Crippen LogP contribution in [0, 0.1) is 5.92 Å². The van der Waals surface area contributed by atoms with Crippen molar-refractivity contribution in [3.05, 3.63) is 35.9 Å². The maximum absolute atomic E-state index is 12.2. The zero-order valence-electron chi connectivity index (χ0n) is 13.0. The topological polar surface area (TPSA) is 95.5 Å². The summed E-state index contributed by atoms with van der Waals surface area (Å²) in [6, 6.07) is 6.79. The van der Waals surface area contributed by atoms with Crippen molar-refractivity contribution in [3.8, 4) is 0 Å². The molecule has 0 aromatic heterocycles. The number of hydrogen-bond donors (Lipinski definition) is 3. The molecule has 2 unspecified atom stereocenters. The van der Waals surface area contributed by atoms with Gasteiger partial charge >= 0.3 is 5.97 Å². The Morgan fingerprint density at radius 1 is 1.09 bits per heavy atom. The molecule has 6 heteroatoms. The lowest BCUT2D eigenvalue weighted by Gasteiger charge is -2.24. The van der Waals surface area contributed by atoms with Crippen LogP contribution in [-0.4, -0.2) is 35.0 Å². The van der Waals surface area contributed by atoms with Crippen LogP contribution >= 0.6 is 0 Å². The largest absolute Gasteiger partial charge is 0.480 e. The number of hydrogen-bond acceptors (Lipinski definition) is 3. The van der Waals surface area contributed by atoms with Crippen LogP contribution < -0.4 is 10.6 Å². The van der Waals surface area contributed by atoms with E-state index in [-0.39, 0.29) is 11.8 Å². The number of carbonyl (C=O) groups excluding carboxylic acids is 2. The lowest BCUT2D eigenvalue weighted by molar-refractivity contribution is -0.141. The molecule has 120 valence electrons. The number of carbonyl (C=O) groups is 3. The molecule has 3 atom stereocenters. The molecular weight excluding hydrogens is 284 g/mol. The van der Waals surface area contributed by atoms with Gasteiger partial charge in [0, 0.05) is 5.56 Å². The summed E-state index contributed by atoms with van der Waals surface area (Å²) in [5.41, 5.74) is 0.454. The van der Waals surface area contributed by atoms with Gasteiger partial charge in [-0.2, -0.15) is 0 Å². The summed E-state index contributed by atoms with van der Waals surface area (Å²) >= 11 is 0. The number of aliphatic carboxylic acids is 1. The number of nitrogens with one attached hydrogen (secondary N) is 2. The Morgan fingerprint density at radius 2 is 1.68 bits per heavy atom. The fraction of sp³-hybridized carbons (Fsp3) is 0.438. The third-order valence-electron chi connectivity index (χ3n) is 3.55. The molecule has 0 spiro atoms. The normalized spacial score (nSPS) is 14.5. The summed E-state index contributed by atoms with van der Waals surface area (Å²) in [6.45, 7) is 5.12. The van der Waals surface area contributed by atoms with E-state index in [2.05, 4.69) is 10.6 Å². The molecule has 0 aliphatic rings. The van der Waals surface area contributed by atoms with Crippen molar-refractivity contribution in [2.24, 2.45) is 5.92 Å². The minimum Gasteiger partial charge on any atom is -0.480 e. The van der Waals surface area contributed by atoms with Crippen LogP contribution in [-0.2, 0) is 9.59 Å². The number of carboxylic acids is 1. The van der Waals surface area contributed by atoms with Crippen LogP contribution in [0.25, 0.3) is 0 Å². The predicted molar refractivity (Wildman–Crippen MR) is 82.4 cm³/mol. The maximum Gasteiger partial charge on any atom is 0.325 e. The lowest BCUT2D eigenvalue weighted by atomic mass is 9.97. The maximum atomic E-state index is 12.2. The molecule has 22 heavy (non-hydrogen) atoms. The molecule has 1 rings (SSSR count). The molecule has 0 saturated carbocycles. The van der Waals surface area contributed by atoms with E-state index in [1.807, 2.05) is 13.8 Å². The molecule has 6 nitrogen and oxygen atoms in total. The Labute approximate surface area is 129 Å². The molecular formula is C16H22N2O4. The summed E-state index contributed by atoms with van der Waals surface area (Å²) in [5.74, 6) is -2.09. The van der Waals surface area contributed by atoms with Gasteiger partial charge in [-0.25, -0.2) is 0 Å². The van der Waals surface area contributed by atoms with Gasteiger partial charge in [0.25, 0.3) is 5.91 Å². The van der Waals surface area contributed by atoms with Crippen molar-refractivity contribution < 1.29 is 19.5 Å². The van der Waals surface area contributed by atoms with Gasteiger partial charge in [0.15, 0.2) is 0 Å². The molecule has 1 aromatic rings. The summed E-state index contributed by atoms with van der Waals surface area (Å²) in [5, 5.41) is 13.9. The molecule has 0 heterocycles. The Hall–Kier alpha value is -2.37. The smallest absolute Gasteiger partial charge is 0.325 e. The van der Waals surface area contributed by atoms with Crippen molar-refractivity contribution in [2.45, 2.75) is 39.3 Å². The van der Waals surface area contributed by atoms with E-state index in [9.17, 15) is 14.4 Å². The first-order valence-corrected chi connectivity index (χ1v) is 7.25. The molecule has 0 fully saturated rings. The van der Waals surface area contributed by atoms with Gasteiger partial charge in [0.1, 0.15) is 12.1 Å². The minimum absolute atomic E-state index is 0.117. The van der Waals surface area contributed by atoms with Crippen molar-refractivity contribution in [1.82, 2.24) is 10.6 Å². The number of rotatable bonds is 7. The van der Waals surface area contributed by atoms with Gasteiger partial charge in [-0.15, -0.1) is 0 Å². The van der Waals surface area contributed by atoms with Gasteiger partial charge < -0.3 is 15.7 Å². The third-order valence-corrected chi connectivity index (χ3v) is 3.55. The number of benzene rings is 1. The number of amides is 2. The Kier molecular flexibility index (Phi) is 6.56. The van der Waals surface area contributed by atoms with Crippen LogP contribution in [0.2, 0.25) is 0 Å². The molecule has 0 bridgehead atoms. The second-order valence-corrected chi connectivity index (χ2v) is 5.27. The first-order chi connectivity index (χ1) is 10.4. The first kappa shape index (κ1) is 17.7. The van der Waals surface area contributed by atoms with Crippen molar-refractivity contribution >= 4 is 17.8 Å². The highest BCUT2D eigenvalue weighted by Gasteiger charge is 2.28. The third kappa shape index (κ3) is 4.87. The fourth-order valence-corrected chi connectivity index (χ4v) is 1.88. The lowest BCUT2D eigenvalue weighted by Crippen LogP contribution is -2.53. The molecule has 0 radical (unpaired) electrons. The van der Waals surface area contributed by atoms with E-state index in [1.54, 1.807) is 30.3 Å². The SMILES string of the molecule is CCC(C)C(NC(=O)c1ccccc1)C(=O)N[C@H](C)C(=O)O. The quantitative estimate of drug-likeness (QED) is 0.710. The average Bonchev–Trinajstić information content (AvgIpc) is 2.52. The summed E-state index contributed by atoms with van der Waals surface area (Å²) in [7, 11) is 0. The van der Waals surface area contributed by atoms with Gasteiger partial charge in [0.2, 0.25) is 5.91 Å². The number of carboxylic acid groups (broad SMARTS) is 1. The average molecular weight is 306 g/mol. The van der Waals surface area contributed by atoms with Crippen LogP contribution in [0.3, 0.4) is 0 Å². The summed E-state index contributed by atoms with van der Waals surface area (Å²) in [6.07, 6.45) is 0.675. The minimum atomic E-state index is -1.12. The Morgan fingerprint density at radius 3 is 2.18 bits per heavy atom. The highest BCUT2D eigenvalue weighted by molar-refractivity contribution is 5.98. The zero-order valence-corrected chi connectivity index (χ0v) is 13.0. The molecule has 0 aliphatic heterocycles. The second kappa shape index (κ2) is 8.17. The molecule has 1 aromatic carbocycles. The monoisotopic (exact) mass is 306 g/mol. The Balaban J connectivity index is 2.83. The predicted octanol–water partition coefficient (Wildman–Crippen LogP) is 1.42. The molecule has 0 aliphatic carbocycles. The fourth-order valence-electron chi connectivity index (χ4n) is 1.88. The van der Waals surface area contributed by atoms with E-state index < -0.39 is 24.0 Å². The standard InChI is InChI=1S/C16H22N2O4/c1-4-10(2)13(15(20)17-11(3)16(21)22)18-14(19)12-8-6-5-7-9-12/h5-11,13H,4H2,1-3H3,(H,17,20)(H,18,19)(H,21,22)/t10?,11-,13?/m1/s1. The van der Waals surface area contributed by atoms with Gasteiger partial charge in [-0.1, -0.05) is 38.5 Å². The van der Waals surface area contributed by atoms with Crippen LogP contribution in [0.4, 0.5) is 0 Å². The molecule has 2 amide bonds. The van der Waals surface area contributed by atoms with E-state index in [4.69, 9.17) is 5.11 Å². The van der Waals surface area contributed by atoms with E-state index in [1.165, 1.54) is 6.92 Å². The zero-order chi connectivity index (χ0) is 16.7. The second-order valence-electron chi connectivity index (χ2n) is 5.27. The van der Waals surface area contributed by atoms with Gasteiger partial charge in [-0.05, 0) is 25.0 Å². The van der Waals surface area contributed by atoms with Crippen molar-refractivity contribution in [2.75, 3.05) is 0 Å². The van der Waals surface area contributed by atoms with Gasteiger partial charge in [-0.3, -0.25) is 14.4 Å². The van der Waals surface area contributed by atoms with E-state index >= 15 is 0 Å².